The Morgan fingerprint density at radius 3 is 2.61 bits per heavy atom. The van der Waals surface area contributed by atoms with E-state index in [-0.39, 0.29) is 18.0 Å². The molecule has 2 amide bonds. The Morgan fingerprint density at radius 1 is 1.00 bits per heavy atom. The zero-order valence-electron chi connectivity index (χ0n) is 22.0. The van der Waals surface area contributed by atoms with Gasteiger partial charge in [-0.05, 0) is 111 Å². The lowest BCUT2D eigenvalue weighted by Gasteiger charge is -2.50. The molecule has 2 aliphatic heterocycles. The number of hydrogen-bond acceptors (Lipinski definition) is 4. The number of methoxy groups -OCH3 is 1. The molecule has 0 bridgehead atoms. The van der Waals surface area contributed by atoms with Crippen LogP contribution in [0.25, 0.3) is 0 Å². The van der Waals surface area contributed by atoms with E-state index in [0.717, 1.165) is 50.5 Å². The van der Waals surface area contributed by atoms with Gasteiger partial charge in [0.15, 0.2) is 0 Å². The molecule has 6 heteroatoms. The normalized spacial score (nSPS) is 34.7. The molecular formula is C30H42N2O4. The van der Waals surface area contributed by atoms with E-state index in [1.165, 1.54) is 43.2 Å². The van der Waals surface area contributed by atoms with E-state index >= 15 is 0 Å². The number of nitrogens with zero attached hydrogens (tertiary/aromatic N) is 2. The summed E-state index contributed by atoms with van der Waals surface area (Å²) in [5.41, 5.74) is 3.19. The highest BCUT2D eigenvalue weighted by Crippen LogP contribution is 2.61. The Bertz CT molecular complexity index is 1000. The first-order chi connectivity index (χ1) is 17.5. The molecular weight excluding hydrogens is 452 g/mol. The van der Waals surface area contributed by atoms with Crippen LogP contribution in [0.5, 0.6) is 5.75 Å². The molecule has 6 nitrogen and oxygen atoms in total. The molecule has 2 heterocycles. The van der Waals surface area contributed by atoms with Crippen molar-refractivity contribution in [2.45, 2.75) is 95.6 Å². The largest absolute Gasteiger partial charge is 0.415 e. The number of ether oxygens (including phenoxy) is 2. The maximum Gasteiger partial charge on any atom is 0.415 e. The van der Waals surface area contributed by atoms with Gasteiger partial charge in [-0.25, -0.2) is 4.79 Å². The van der Waals surface area contributed by atoms with Crippen LogP contribution in [-0.2, 0) is 16.0 Å². The van der Waals surface area contributed by atoms with Gasteiger partial charge in [0.05, 0.1) is 6.10 Å². The second-order valence-corrected chi connectivity index (χ2v) is 12.3. The fourth-order valence-corrected chi connectivity index (χ4v) is 8.70. The van der Waals surface area contributed by atoms with Crippen molar-refractivity contribution in [2.24, 2.45) is 17.3 Å². The topological polar surface area (TPSA) is 59.1 Å². The van der Waals surface area contributed by atoms with E-state index in [9.17, 15) is 9.59 Å². The van der Waals surface area contributed by atoms with Crippen molar-refractivity contribution >= 4 is 12.0 Å². The minimum absolute atomic E-state index is 0.253. The third-order valence-corrected chi connectivity index (χ3v) is 10.6. The summed E-state index contributed by atoms with van der Waals surface area (Å²) >= 11 is 0. The van der Waals surface area contributed by atoms with Crippen molar-refractivity contribution in [1.82, 2.24) is 9.80 Å². The van der Waals surface area contributed by atoms with E-state index in [0.29, 0.717) is 42.7 Å². The maximum absolute atomic E-state index is 12.9. The number of aryl methyl sites for hydroxylation is 1. The van der Waals surface area contributed by atoms with Crippen LogP contribution in [0.1, 0.15) is 88.2 Å². The predicted molar refractivity (Wildman–Crippen MR) is 138 cm³/mol. The van der Waals surface area contributed by atoms with E-state index < -0.39 is 0 Å². The van der Waals surface area contributed by atoms with Gasteiger partial charge >= 0.3 is 6.09 Å². The molecule has 2 saturated carbocycles. The molecule has 6 rings (SSSR count). The molecule has 0 spiro atoms. The smallest absolute Gasteiger partial charge is 0.410 e. The monoisotopic (exact) mass is 494 g/mol. The van der Waals surface area contributed by atoms with Gasteiger partial charge < -0.3 is 19.3 Å². The average molecular weight is 495 g/mol. The van der Waals surface area contributed by atoms with Crippen molar-refractivity contribution in [3.8, 4) is 5.75 Å². The molecule has 5 atom stereocenters. The fraction of sp³-hybridized carbons (Fsp3) is 0.733. The number of piperidine rings is 2. The molecule has 0 N–H and O–H groups in total. The van der Waals surface area contributed by atoms with Crippen LogP contribution in [0.2, 0.25) is 0 Å². The maximum atomic E-state index is 12.9. The quantitative estimate of drug-likeness (QED) is 0.554. The second kappa shape index (κ2) is 9.66. The van der Waals surface area contributed by atoms with Crippen LogP contribution in [0.4, 0.5) is 4.79 Å². The molecule has 5 aliphatic rings. The Kier molecular flexibility index (Phi) is 6.51. The summed E-state index contributed by atoms with van der Waals surface area (Å²) in [5.74, 6) is 3.09. The first-order valence-corrected chi connectivity index (χ1v) is 14.4. The summed E-state index contributed by atoms with van der Waals surface area (Å²) in [6.07, 6.45) is 11.9. The van der Waals surface area contributed by atoms with E-state index in [1.54, 1.807) is 0 Å². The molecule has 5 unspecified atom stereocenters. The summed E-state index contributed by atoms with van der Waals surface area (Å²) < 4.78 is 11.8. The van der Waals surface area contributed by atoms with Crippen molar-refractivity contribution < 1.29 is 19.1 Å². The number of hydrogen-bond donors (Lipinski definition) is 0. The second-order valence-electron chi connectivity index (χ2n) is 12.3. The number of fused-ring (bicyclic) bond motifs is 5. The van der Waals surface area contributed by atoms with Crippen LogP contribution >= 0.6 is 0 Å². The number of likely N-dealkylation sites (tertiary alicyclic amines) is 2. The Morgan fingerprint density at radius 2 is 1.83 bits per heavy atom. The SMILES string of the molecule is COC1CCC2C3CCc4cc(OC(=O)N5CCC(N6CCCCC6=O)CC5)ccc4C3CCC12C. The summed E-state index contributed by atoms with van der Waals surface area (Å²) in [7, 11) is 1.89. The lowest BCUT2D eigenvalue weighted by molar-refractivity contribution is -0.136. The number of carbonyl (C=O) groups excluding carboxylic acids is 2. The summed E-state index contributed by atoms with van der Waals surface area (Å²) in [4.78, 5) is 29.1. The first-order valence-electron chi connectivity index (χ1n) is 14.4. The summed E-state index contributed by atoms with van der Waals surface area (Å²) in [6.45, 7) is 4.66. The summed E-state index contributed by atoms with van der Waals surface area (Å²) in [6, 6.07) is 6.66. The van der Waals surface area contributed by atoms with Gasteiger partial charge in [-0.3, -0.25) is 4.79 Å². The minimum atomic E-state index is -0.253. The van der Waals surface area contributed by atoms with Crippen LogP contribution in [0.3, 0.4) is 0 Å². The first kappa shape index (κ1) is 24.3. The third-order valence-electron chi connectivity index (χ3n) is 10.6. The molecule has 196 valence electrons. The van der Waals surface area contributed by atoms with Gasteiger partial charge in [0.1, 0.15) is 5.75 Å². The van der Waals surface area contributed by atoms with Crippen molar-refractivity contribution in [2.75, 3.05) is 26.7 Å². The zero-order chi connectivity index (χ0) is 24.9. The highest BCUT2D eigenvalue weighted by Gasteiger charge is 2.55. The van der Waals surface area contributed by atoms with Crippen molar-refractivity contribution in [3.63, 3.8) is 0 Å². The van der Waals surface area contributed by atoms with Gasteiger partial charge in [0.25, 0.3) is 0 Å². The number of benzene rings is 1. The van der Waals surface area contributed by atoms with Crippen molar-refractivity contribution in [1.29, 1.82) is 0 Å². The highest BCUT2D eigenvalue weighted by molar-refractivity contribution is 5.77. The molecule has 2 saturated heterocycles. The molecule has 1 aromatic rings. The van der Waals surface area contributed by atoms with Gasteiger partial charge in [-0.2, -0.15) is 0 Å². The van der Waals surface area contributed by atoms with Gasteiger partial charge in [0, 0.05) is 39.2 Å². The molecule has 0 radical (unpaired) electrons. The van der Waals surface area contributed by atoms with Gasteiger partial charge in [-0.15, -0.1) is 0 Å². The van der Waals surface area contributed by atoms with Crippen LogP contribution in [-0.4, -0.2) is 60.7 Å². The Labute approximate surface area is 215 Å². The van der Waals surface area contributed by atoms with Crippen molar-refractivity contribution in [3.05, 3.63) is 29.3 Å². The minimum Gasteiger partial charge on any atom is -0.410 e. The molecule has 36 heavy (non-hydrogen) atoms. The van der Waals surface area contributed by atoms with E-state index in [1.807, 2.05) is 18.1 Å². The zero-order valence-corrected chi connectivity index (χ0v) is 22.0. The Hall–Kier alpha value is -2.08. The average Bonchev–Trinajstić information content (AvgIpc) is 3.25. The lowest BCUT2D eigenvalue weighted by Crippen LogP contribution is -2.50. The molecule has 0 aromatic heterocycles. The third kappa shape index (κ3) is 4.13. The summed E-state index contributed by atoms with van der Waals surface area (Å²) in [5, 5.41) is 0. The lowest BCUT2D eigenvalue weighted by atomic mass is 9.55. The van der Waals surface area contributed by atoms with Crippen LogP contribution < -0.4 is 4.74 Å². The van der Waals surface area contributed by atoms with E-state index in [4.69, 9.17) is 9.47 Å². The van der Waals surface area contributed by atoms with Gasteiger partial charge in [-0.1, -0.05) is 13.0 Å². The molecule has 1 aromatic carbocycles. The molecule has 4 fully saturated rings. The fourth-order valence-electron chi connectivity index (χ4n) is 8.70. The Balaban J connectivity index is 1.08. The number of carbonyl (C=O) groups is 2. The molecule has 3 aliphatic carbocycles. The highest BCUT2D eigenvalue weighted by atomic mass is 16.6. The standard InChI is InChI=1S/C30H42N2O4/c1-30-15-12-24-23-9-7-22(19-20(23)6-8-25(24)26(30)10-11-27(30)35-2)36-29(34)31-17-13-21(14-18-31)32-16-4-3-5-28(32)33/h7,9,19,21,24-27H,3-6,8,10-18H2,1-2H3. The van der Waals surface area contributed by atoms with Crippen LogP contribution in [0.15, 0.2) is 18.2 Å². The van der Waals surface area contributed by atoms with E-state index in [2.05, 4.69) is 24.0 Å². The predicted octanol–water partition coefficient (Wildman–Crippen LogP) is 5.53. The number of rotatable bonds is 3. The van der Waals surface area contributed by atoms with Gasteiger partial charge in [0.2, 0.25) is 5.91 Å². The van der Waals surface area contributed by atoms with Crippen LogP contribution in [0, 0.1) is 17.3 Å². The number of amides is 2.